The third-order valence-corrected chi connectivity index (χ3v) is 3.99. The van der Waals surface area contributed by atoms with Crippen molar-refractivity contribution in [2.75, 3.05) is 7.11 Å². The van der Waals surface area contributed by atoms with Crippen LogP contribution in [0.4, 0.5) is 4.39 Å². The molecule has 3 atom stereocenters. The maximum Gasteiger partial charge on any atom is 0.328 e. The van der Waals surface area contributed by atoms with Gasteiger partial charge in [0.1, 0.15) is 17.9 Å². The van der Waals surface area contributed by atoms with Crippen LogP contribution in [0.15, 0.2) is 24.3 Å². The number of nitrogens with one attached hydrogen (secondary N) is 2. The number of esters is 1. The Kier molecular flexibility index (Phi) is 8.04. The highest BCUT2D eigenvalue weighted by atomic mass is 19.1. The first kappa shape index (κ1) is 20.6. The van der Waals surface area contributed by atoms with E-state index in [-0.39, 0.29) is 12.3 Å². The Labute approximate surface area is 147 Å². The molecule has 25 heavy (non-hydrogen) atoms. The number of hydrogen-bond acceptors (Lipinski definition) is 4. The molecule has 0 fully saturated rings. The fraction of sp³-hybridized carbons (Fsp3) is 0.500. The molecule has 1 aromatic rings. The summed E-state index contributed by atoms with van der Waals surface area (Å²) in [5.74, 6) is -2.02. The van der Waals surface area contributed by atoms with Crippen molar-refractivity contribution in [1.82, 2.24) is 10.6 Å². The van der Waals surface area contributed by atoms with Gasteiger partial charge in [0.2, 0.25) is 11.8 Å². The van der Waals surface area contributed by atoms with Gasteiger partial charge < -0.3 is 15.4 Å². The largest absolute Gasteiger partial charge is 0.467 e. The van der Waals surface area contributed by atoms with Crippen LogP contribution in [0.2, 0.25) is 0 Å². The maximum absolute atomic E-state index is 13.3. The molecule has 0 bridgehead atoms. The van der Waals surface area contributed by atoms with Gasteiger partial charge in [0.15, 0.2) is 0 Å². The lowest BCUT2D eigenvalue weighted by Crippen LogP contribution is -2.54. The summed E-state index contributed by atoms with van der Waals surface area (Å²) in [5, 5.41) is 5.18. The molecule has 0 radical (unpaired) electrons. The van der Waals surface area contributed by atoms with Crippen molar-refractivity contribution >= 4 is 17.8 Å². The Hall–Kier alpha value is -2.44. The second-order valence-electron chi connectivity index (χ2n) is 5.98. The van der Waals surface area contributed by atoms with Crippen LogP contribution in [0.3, 0.4) is 0 Å². The van der Waals surface area contributed by atoms with Crippen molar-refractivity contribution in [1.29, 1.82) is 0 Å². The molecule has 2 N–H and O–H groups in total. The molecule has 1 rings (SSSR count). The molecule has 2 amide bonds. The molecular formula is C18H25FN2O4. The lowest BCUT2D eigenvalue weighted by molar-refractivity contribution is -0.146. The average Bonchev–Trinajstić information content (AvgIpc) is 2.57. The van der Waals surface area contributed by atoms with Crippen molar-refractivity contribution in [2.45, 2.75) is 45.7 Å². The van der Waals surface area contributed by atoms with Gasteiger partial charge >= 0.3 is 5.97 Å². The second kappa shape index (κ2) is 9.76. The fourth-order valence-electron chi connectivity index (χ4n) is 2.40. The number of hydrogen-bond donors (Lipinski definition) is 2. The second-order valence-corrected chi connectivity index (χ2v) is 5.98. The summed E-state index contributed by atoms with van der Waals surface area (Å²) >= 11 is 0. The summed E-state index contributed by atoms with van der Waals surface area (Å²) in [6.07, 6.45) is 0.770. The summed E-state index contributed by atoms with van der Waals surface area (Å²) in [4.78, 5) is 35.9. The smallest absolute Gasteiger partial charge is 0.328 e. The van der Waals surface area contributed by atoms with Crippen LogP contribution < -0.4 is 10.6 Å². The molecule has 0 aromatic heterocycles. The SMILES string of the molecule is CC[C@H](C)[C@H](NC(=O)[C@H](Cc1cccc(F)c1)NC(C)=O)C(=O)OC. The molecule has 7 heteroatoms. The Morgan fingerprint density at radius 3 is 2.44 bits per heavy atom. The Bertz CT molecular complexity index is 621. The van der Waals surface area contributed by atoms with E-state index >= 15 is 0 Å². The van der Waals surface area contributed by atoms with Gasteiger partial charge in [-0.2, -0.15) is 0 Å². The van der Waals surface area contributed by atoms with Gasteiger partial charge in [0, 0.05) is 13.3 Å². The van der Waals surface area contributed by atoms with E-state index < -0.39 is 35.7 Å². The van der Waals surface area contributed by atoms with Crippen molar-refractivity contribution in [3.05, 3.63) is 35.6 Å². The van der Waals surface area contributed by atoms with Gasteiger partial charge in [0.25, 0.3) is 0 Å². The van der Waals surface area contributed by atoms with Crippen LogP contribution in [0.5, 0.6) is 0 Å². The lowest BCUT2D eigenvalue weighted by atomic mass is 9.98. The zero-order valence-corrected chi connectivity index (χ0v) is 15.0. The minimum atomic E-state index is -0.921. The van der Waals surface area contributed by atoms with E-state index in [2.05, 4.69) is 10.6 Å². The molecule has 1 aromatic carbocycles. The number of ether oxygens (including phenoxy) is 1. The standard InChI is InChI=1S/C18H25FN2O4/c1-5-11(2)16(18(24)25-4)21-17(23)15(20-12(3)22)10-13-7-6-8-14(19)9-13/h6-9,11,15-16H,5,10H2,1-4H3,(H,20,22)(H,21,23)/t11-,15-,16-/m0/s1. The molecule has 0 aliphatic carbocycles. The number of carbonyl (C=O) groups is 3. The number of methoxy groups -OCH3 is 1. The lowest BCUT2D eigenvalue weighted by Gasteiger charge is -2.25. The Morgan fingerprint density at radius 2 is 1.92 bits per heavy atom. The van der Waals surface area contributed by atoms with Gasteiger partial charge in [-0.1, -0.05) is 32.4 Å². The first-order chi connectivity index (χ1) is 11.8. The van der Waals surface area contributed by atoms with Crippen molar-refractivity contribution in [3.8, 4) is 0 Å². The van der Waals surface area contributed by atoms with Gasteiger partial charge in [-0.05, 0) is 23.6 Å². The summed E-state index contributed by atoms with van der Waals surface area (Å²) in [6.45, 7) is 5.00. The van der Waals surface area contributed by atoms with Crippen LogP contribution in [0, 0.1) is 11.7 Å². The molecular weight excluding hydrogens is 327 g/mol. The van der Waals surface area contributed by atoms with Crippen LogP contribution in [-0.2, 0) is 25.5 Å². The number of amides is 2. The topological polar surface area (TPSA) is 84.5 Å². The number of halogens is 1. The summed E-state index contributed by atoms with van der Waals surface area (Å²) in [7, 11) is 1.25. The molecule has 0 aliphatic rings. The first-order valence-electron chi connectivity index (χ1n) is 8.18. The molecule has 0 saturated carbocycles. The van der Waals surface area contributed by atoms with E-state index in [0.29, 0.717) is 12.0 Å². The number of carbonyl (C=O) groups excluding carboxylic acids is 3. The number of benzene rings is 1. The highest BCUT2D eigenvalue weighted by molar-refractivity contribution is 5.90. The van der Waals surface area contributed by atoms with Crippen LogP contribution >= 0.6 is 0 Å². The van der Waals surface area contributed by atoms with E-state index in [1.54, 1.807) is 6.07 Å². The molecule has 0 heterocycles. The normalized spacial score (nSPS) is 14.1. The third kappa shape index (κ3) is 6.52. The zero-order chi connectivity index (χ0) is 19.0. The molecule has 0 unspecified atom stereocenters. The number of rotatable bonds is 8. The van der Waals surface area contributed by atoms with E-state index in [1.165, 1.54) is 32.2 Å². The van der Waals surface area contributed by atoms with Crippen molar-refractivity contribution in [2.24, 2.45) is 5.92 Å². The van der Waals surface area contributed by atoms with E-state index in [1.807, 2.05) is 13.8 Å². The van der Waals surface area contributed by atoms with Gasteiger partial charge in [-0.15, -0.1) is 0 Å². The van der Waals surface area contributed by atoms with Crippen LogP contribution in [0.1, 0.15) is 32.8 Å². The minimum Gasteiger partial charge on any atom is -0.467 e. The predicted molar refractivity (Wildman–Crippen MR) is 91.1 cm³/mol. The zero-order valence-electron chi connectivity index (χ0n) is 15.0. The van der Waals surface area contributed by atoms with Crippen molar-refractivity contribution in [3.63, 3.8) is 0 Å². The third-order valence-electron chi connectivity index (χ3n) is 3.99. The quantitative estimate of drug-likeness (QED) is 0.696. The molecule has 0 aliphatic heterocycles. The monoisotopic (exact) mass is 352 g/mol. The average molecular weight is 352 g/mol. The van der Waals surface area contributed by atoms with Gasteiger partial charge in [-0.25, -0.2) is 9.18 Å². The highest BCUT2D eigenvalue weighted by Gasteiger charge is 2.30. The fourth-order valence-corrected chi connectivity index (χ4v) is 2.40. The summed E-state index contributed by atoms with van der Waals surface area (Å²) < 4.78 is 18.1. The van der Waals surface area contributed by atoms with E-state index in [0.717, 1.165) is 0 Å². The first-order valence-corrected chi connectivity index (χ1v) is 8.18. The maximum atomic E-state index is 13.3. The Morgan fingerprint density at radius 1 is 1.24 bits per heavy atom. The summed E-state index contributed by atoms with van der Waals surface area (Å²) in [5.41, 5.74) is 0.562. The molecule has 138 valence electrons. The van der Waals surface area contributed by atoms with E-state index in [9.17, 15) is 18.8 Å². The van der Waals surface area contributed by atoms with Gasteiger partial charge in [-0.3, -0.25) is 9.59 Å². The predicted octanol–water partition coefficient (Wildman–Crippen LogP) is 1.58. The van der Waals surface area contributed by atoms with Crippen LogP contribution in [0.25, 0.3) is 0 Å². The minimum absolute atomic E-state index is 0.109. The van der Waals surface area contributed by atoms with Gasteiger partial charge in [0.05, 0.1) is 7.11 Å². The van der Waals surface area contributed by atoms with E-state index in [4.69, 9.17) is 4.74 Å². The molecule has 0 spiro atoms. The Balaban J connectivity index is 2.94. The molecule has 6 nitrogen and oxygen atoms in total. The molecule has 0 saturated heterocycles. The van der Waals surface area contributed by atoms with Crippen molar-refractivity contribution < 1.29 is 23.5 Å². The summed E-state index contributed by atoms with van der Waals surface area (Å²) in [6, 6.07) is 4.06. The van der Waals surface area contributed by atoms with Crippen LogP contribution in [-0.4, -0.2) is 37.0 Å². The highest BCUT2D eigenvalue weighted by Crippen LogP contribution is 2.11.